The quantitative estimate of drug-likeness (QED) is 0.531. The van der Waals surface area contributed by atoms with Crippen molar-refractivity contribution in [2.75, 3.05) is 6.61 Å². The summed E-state index contributed by atoms with van der Waals surface area (Å²) in [5.74, 6) is 0. The SMILES string of the molecule is O[C@H]1[C@H](O)C2COC([C@@H]1O)N2C(=S)NCc1ccccc1. The van der Waals surface area contributed by atoms with E-state index in [0.717, 1.165) is 5.56 Å². The summed E-state index contributed by atoms with van der Waals surface area (Å²) in [5, 5.41) is 33.3. The van der Waals surface area contributed by atoms with Gasteiger partial charge in [-0.15, -0.1) is 0 Å². The summed E-state index contributed by atoms with van der Waals surface area (Å²) in [7, 11) is 0. The summed E-state index contributed by atoms with van der Waals surface area (Å²) in [6.07, 6.45) is -4.20. The minimum absolute atomic E-state index is 0.229. The molecular weight excluding hydrogens is 292 g/mol. The molecule has 2 aliphatic heterocycles. The number of fused-ring (bicyclic) bond motifs is 2. The zero-order chi connectivity index (χ0) is 15.0. The molecule has 5 atom stereocenters. The fourth-order valence-electron chi connectivity index (χ4n) is 2.80. The molecule has 4 N–H and O–H groups in total. The zero-order valence-corrected chi connectivity index (χ0v) is 12.1. The molecule has 0 aromatic heterocycles. The van der Waals surface area contributed by atoms with Crippen molar-refractivity contribution in [1.82, 2.24) is 10.2 Å². The van der Waals surface area contributed by atoms with Crippen LogP contribution < -0.4 is 5.32 Å². The molecule has 6 nitrogen and oxygen atoms in total. The smallest absolute Gasteiger partial charge is 0.171 e. The Morgan fingerprint density at radius 1 is 1.19 bits per heavy atom. The largest absolute Gasteiger partial charge is 0.388 e. The molecule has 1 aromatic rings. The van der Waals surface area contributed by atoms with Gasteiger partial charge in [0.05, 0.1) is 12.6 Å². The van der Waals surface area contributed by atoms with Crippen LogP contribution in [0.2, 0.25) is 0 Å². The van der Waals surface area contributed by atoms with Crippen LogP contribution in [0, 0.1) is 0 Å². The van der Waals surface area contributed by atoms with Crippen LogP contribution in [0.1, 0.15) is 5.56 Å². The van der Waals surface area contributed by atoms with E-state index in [-0.39, 0.29) is 6.61 Å². The van der Waals surface area contributed by atoms with Crippen molar-refractivity contribution < 1.29 is 20.1 Å². The van der Waals surface area contributed by atoms with E-state index in [4.69, 9.17) is 17.0 Å². The molecule has 0 radical (unpaired) electrons. The lowest BCUT2D eigenvalue weighted by Gasteiger charge is -2.42. The van der Waals surface area contributed by atoms with E-state index in [1.54, 1.807) is 4.90 Å². The first-order valence-corrected chi connectivity index (χ1v) is 7.26. The molecule has 2 aliphatic rings. The number of hydrogen-bond donors (Lipinski definition) is 4. The third-order valence-corrected chi connectivity index (χ3v) is 4.33. The number of rotatable bonds is 2. The van der Waals surface area contributed by atoms with Gasteiger partial charge in [0.1, 0.15) is 18.3 Å². The Bertz CT molecular complexity index is 497. The highest BCUT2D eigenvalue weighted by Crippen LogP contribution is 2.31. The summed E-state index contributed by atoms with van der Waals surface area (Å²) in [4.78, 5) is 1.64. The van der Waals surface area contributed by atoms with Crippen molar-refractivity contribution in [3.63, 3.8) is 0 Å². The number of aliphatic hydroxyl groups is 3. The van der Waals surface area contributed by atoms with Gasteiger partial charge in [-0.25, -0.2) is 0 Å². The molecule has 0 saturated carbocycles. The molecule has 2 unspecified atom stereocenters. The topological polar surface area (TPSA) is 85.2 Å². The maximum Gasteiger partial charge on any atom is 0.171 e. The van der Waals surface area contributed by atoms with Gasteiger partial charge in [0.25, 0.3) is 0 Å². The number of hydrogen-bond acceptors (Lipinski definition) is 5. The Labute approximate surface area is 128 Å². The maximum absolute atomic E-state index is 10.0. The molecule has 114 valence electrons. The van der Waals surface area contributed by atoms with Crippen molar-refractivity contribution in [2.24, 2.45) is 0 Å². The second-order valence-corrected chi connectivity index (χ2v) is 5.70. The number of nitrogens with zero attached hydrogens (tertiary/aromatic N) is 1. The standard InChI is InChI=1S/C14H18N2O4S/c17-10-9-7-20-13(12(19)11(10)18)16(9)14(21)15-6-8-4-2-1-3-5-8/h1-5,9-13,17-19H,6-7H2,(H,15,21)/t9?,10-,11+,12-,13?/m1/s1. The van der Waals surface area contributed by atoms with Gasteiger partial charge in [-0.3, -0.25) is 0 Å². The number of ether oxygens (including phenoxy) is 1. The summed E-state index contributed by atoms with van der Waals surface area (Å²) in [6, 6.07) is 9.34. The molecular formula is C14H18N2O4S. The van der Waals surface area contributed by atoms with Crippen LogP contribution in [0.15, 0.2) is 30.3 Å². The lowest BCUT2D eigenvalue weighted by atomic mass is 9.95. The van der Waals surface area contributed by atoms with E-state index in [1.165, 1.54) is 0 Å². The molecule has 3 rings (SSSR count). The van der Waals surface area contributed by atoms with Gasteiger partial charge in [0.15, 0.2) is 11.3 Å². The van der Waals surface area contributed by atoms with Gasteiger partial charge >= 0.3 is 0 Å². The number of thiocarbonyl (C=S) groups is 1. The van der Waals surface area contributed by atoms with Gasteiger partial charge in [0.2, 0.25) is 0 Å². The van der Waals surface area contributed by atoms with Gasteiger partial charge in [-0.2, -0.15) is 0 Å². The Morgan fingerprint density at radius 2 is 1.90 bits per heavy atom. The van der Waals surface area contributed by atoms with Crippen LogP contribution in [0.5, 0.6) is 0 Å². The van der Waals surface area contributed by atoms with E-state index >= 15 is 0 Å². The van der Waals surface area contributed by atoms with E-state index < -0.39 is 30.6 Å². The fraction of sp³-hybridized carbons (Fsp3) is 0.500. The normalized spacial score (nSPS) is 34.8. The Balaban J connectivity index is 1.68. The number of aliphatic hydroxyl groups excluding tert-OH is 3. The first-order valence-electron chi connectivity index (χ1n) is 6.85. The Hall–Kier alpha value is -1.25. The van der Waals surface area contributed by atoms with Gasteiger partial charge in [-0.05, 0) is 17.8 Å². The lowest BCUT2D eigenvalue weighted by molar-refractivity contribution is -0.154. The molecule has 0 amide bonds. The van der Waals surface area contributed by atoms with E-state index in [9.17, 15) is 15.3 Å². The van der Waals surface area contributed by atoms with E-state index in [1.807, 2.05) is 30.3 Å². The summed E-state index contributed by atoms with van der Waals surface area (Å²) < 4.78 is 5.44. The predicted octanol–water partition coefficient (Wildman–Crippen LogP) is -0.816. The molecule has 2 bridgehead atoms. The average molecular weight is 310 g/mol. The second kappa shape index (κ2) is 5.86. The highest BCUT2D eigenvalue weighted by molar-refractivity contribution is 7.80. The van der Waals surface area contributed by atoms with Crippen LogP contribution in [-0.2, 0) is 11.3 Å². The van der Waals surface area contributed by atoms with Crippen LogP contribution in [0.4, 0.5) is 0 Å². The minimum atomic E-state index is -1.21. The first-order chi connectivity index (χ1) is 10.1. The lowest BCUT2D eigenvalue weighted by Crippen LogP contribution is -2.65. The van der Waals surface area contributed by atoms with Crippen LogP contribution in [0.25, 0.3) is 0 Å². The molecule has 21 heavy (non-hydrogen) atoms. The summed E-state index contributed by atoms with van der Waals surface area (Å²) in [6.45, 7) is 0.775. The monoisotopic (exact) mass is 310 g/mol. The van der Waals surface area contributed by atoms with E-state index in [0.29, 0.717) is 11.7 Å². The van der Waals surface area contributed by atoms with Crippen LogP contribution in [-0.4, -0.2) is 62.5 Å². The highest BCUT2D eigenvalue weighted by Gasteiger charge is 2.53. The van der Waals surface area contributed by atoms with Crippen LogP contribution in [0.3, 0.4) is 0 Å². The molecule has 2 fully saturated rings. The predicted molar refractivity (Wildman–Crippen MR) is 79.3 cm³/mol. The Kier molecular flexibility index (Phi) is 4.10. The number of nitrogens with one attached hydrogen (secondary N) is 1. The number of benzene rings is 1. The van der Waals surface area contributed by atoms with Gasteiger partial charge in [0, 0.05) is 6.54 Å². The van der Waals surface area contributed by atoms with Crippen molar-refractivity contribution in [2.45, 2.75) is 37.1 Å². The van der Waals surface area contributed by atoms with Crippen molar-refractivity contribution in [3.05, 3.63) is 35.9 Å². The zero-order valence-electron chi connectivity index (χ0n) is 11.3. The highest BCUT2D eigenvalue weighted by atomic mass is 32.1. The van der Waals surface area contributed by atoms with Crippen LogP contribution >= 0.6 is 12.2 Å². The third-order valence-electron chi connectivity index (χ3n) is 3.98. The second-order valence-electron chi connectivity index (χ2n) is 5.31. The molecule has 0 spiro atoms. The summed E-state index contributed by atoms with van der Waals surface area (Å²) in [5.41, 5.74) is 1.08. The third kappa shape index (κ3) is 2.63. The molecule has 1 aromatic carbocycles. The minimum Gasteiger partial charge on any atom is -0.388 e. The molecule has 2 saturated heterocycles. The molecule has 2 heterocycles. The van der Waals surface area contributed by atoms with Gasteiger partial charge < -0.3 is 30.3 Å². The number of piperidine rings is 1. The first kappa shape index (κ1) is 14.7. The van der Waals surface area contributed by atoms with Gasteiger partial charge in [-0.1, -0.05) is 30.3 Å². The molecule has 7 heteroatoms. The van der Waals surface area contributed by atoms with E-state index in [2.05, 4.69) is 5.32 Å². The Morgan fingerprint density at radius 3 is 2.62 bits per heavy atom. The molecule has 0 aliphatic carbocycles. The van der Waals surface area contributed by atoms with Crippen molar-refractivity contribution in [3.8, 4) is 0 Å². The maximum atomic E-state index is 10.0. The fourth-order valence-corrected chi connectivity index (χ4v) is 3.11. The summed E-state index contributed by atoms with van der Waals surface area (Å²) >= 11 is 5.34. The van der Waals surface area contributed by atoms with Crippen molar-refractivity contribution in [1.29, 1.82) is 0 Å². The average Bonchev–Trinajstić information content (AvgIpc) is 2.91. The van der Waals surface area contributed by atoms with Crippen molar-refractivity contribution >= 4 is 17.3 Å².